The van der Waals surface area contributed by atoms with E-state index in [-0.39, 0.29) is 22.4 Å². The topological polar surface area (TPSA) is 74.0 Å². The fourth-order valence-corrected chi connectivity index (χ4v) is 2.56. The molecule has 0 fully saturated rings. The van der Waals surface area contributed by atoms with Crippen LogP contribution in [0.3, 0.4) is 0 Å². The molecule has 25 heavy (non-hydrogen) atoms. The molecule has 0 aliphatic heterocycles. The molecular weight excluding hydrogens is 423 g/mol. The number of benzene rings is 1. The van der Waals surface area contributed by atoms with Crippen molar-refractivity contribution in [1.29, 1.82) is 0 Å². The van der Waals surface area contributed by atoms with Gasteiger partial charge in [0, 0.05) is 21.6 Å². The largest absolute Gasteiger partial charge is 0.446 e. The highest BCUT2D eigenvalue weighted by atomic mass is 79.9. The van der Waals surface area contributed by atoms with E-state index in [1.807, 2.05) is 0 Å². The van der Waals surface area contributed by atoms with Crippen LogP contribution in [0, 0.1) is 0 Å². The lowest BCUT2D eigenvalue weighted by Crippen LogP contribution is -2.40. The lowest BCUT2D eigenvalue weighted by Gasteiger charge is -2.05. The normalized spacial score (nSPS) is 11.5. The Morgan fingerprint density at radius 2 is 1.84 bits per heavy atom. The minimum Gasteiger partial charge on any atom is -0.356 e. The third-order valence-electron chi connectivity index (χ3n) is 2.73. The molecule has 0 saturated carbocycles. The number of aromatic amines is 1. The SMILES string of the molecule is O=C(/C=C/c1ccc(SC(F)(F)F)cc1)NNC(=O)c1cc(Br)c[nH]1. The van der Waals surface area contributed by atoms with Gasteiger partial charge in [-0.25, -0.2) is 0 Å². The molecule has 10 heteroatoms. The highest BCUT2D eigenvalue weighted by molar-refractivity contribution is 9.10. The van der Waals surface area contributed by atoms with Gasteiger partial charge in [-0.3, -0.25) is 20.4 Å². The van der Waals surface area contributed by atoms with E-state index in [1.165, 1.54) is 36.4 Å². The van der Waals surface area contributed by atoms with Crippen molar-refractivity contribution < 1.29 is 22.8 Å². The van der Waals surface area contributed by atoms with E-state index in [1.54, 1.807) is 6.20 Å². The van der Waals surface area contributed by atoms with Crippen molar-refractivity contribution in [3.63, 3.8) is 0 Å². The molecule has 1 aromatic heterocycles. The number of aromatic nitrogens is 1. The van der Waals surface area contributed by atoms with Crippen molar-refractivity contribution in [2.24, 2.45) is 0 Å². The number of amides is 2. The first-order chi connectivity index (χ1) is 11.7. The average Bonchev–Trinajstić information content (AvgIpc) is 2.97. The van der Waals surface area contributed by atoms with E-state index in [9.17, 15) is 22.8 Å². The summed E-state index contributed by atoms with van der Waals surface area (Å²) < 4.78 is 37.4. The van der Waals surface area contributed by atoms with E-state index >= 15 is 0 Å². The molecule has 2 rings (SSSR count). The predicted molar refractivity (Wildman–Crippen MR) is 91.5 cm³/mol. The van der Waals surface area contributed by atoms with Gasteiger partial charge < -0.3 is 4.98 Å². The second-order valence-electron chi connectivity index (χ2n) is 4.63. The van der Waals surface area contributed by atoms with Gasteiger partial charge in [-0.15, -0.1) is 0 Å². The van der Waals surface area contributed by atoms with E-state index in [0.717, 1.165) is 6.08 Å². The summed E-state index contributed by atoms with van der Waals surface area (Å²) in [6.45, 7) is 0. The Labute approximate surface area is 153 Å². The minimum atomic E-state index is -4.34. The molecule has 3 N–H and O–H groups in total. The molecule has 2 amide bonds. The van der Waals surface area contributed by atoms with Gasteiger partial charge in [-0.1, -0.05) is 12.1 Å². The minimum absolute atomic E-state index is 0.0541. The molecule has 5 nitrogen and oxygen atoms in total. The van der Waals surface area contributed by atoms with Crippen LogP contribution in [0.5, 0.6) is 0 Å². The zero-order chi connectivity index (χ0) is 18.4. The van der Waals surface area contributed by atoms with Crippen LogP contribution in [0.25, 0.3) is 6.08 Å². The molecule has 0 atom stereocenters. The van der Waals surface area contributed by atoms with Crippen molar-refractivity contribution in [3.05, 3.63) is 58.3 Å². The van der Waals surface area contributed by atoms with E-state index in [0.29, 0.717) is 10.0 Å². The average molecular weight is 434 g/mol. The molecule has 0 saturated heterocycles. The van der Waals surface area contributed by atoms with Gasteiger partial charge in [0.1, 0.15) is 5.69 Å². The number of alkyl halides is 3. The van der Waals surface area contributed by atoms with Crippen molar-refractivity contribution in [2.45, 2.75) is 10.4 Å². The number of nitrogens with one attached hydrogen (secondary N) is 3. The van der Waals surface area contributed by atoms with Crippen LogP contribution < -0.4 is 10.9 Å². The molecule has 132 valence electrons. The summed E-state index contributed by atoms with van der Waals surface area (Å²) in [5, 5.41) is 0. The number of hydrazine groups is 1. The summed E-state index contributed by atoms with van der Waals surface area (Å²) in [6.07, 6.45) is 4.13. The first kappa shape index (κ1) is 19.1. The molecule has 0 radical (unpaired) electrons. The summed E-state index contributed by atoms with van der Waals surface area (Å²) in [6, 6.07) is 7.05. The van der Waals surface area contributed by atoms with Gasteiger partial charge in [-0.05, 0) is 57.5 Å². The van der Waals surface area contributed by atoms with Gasteiger partial charge in [0.05, 0.1) is 0 Å². The molecular formula is C15H11BrF3N3O2S. The Kier molecular flexibility index (Phi) is 6.32. The lowest BCUT2D eigenvalue weighted by molar-refractivity contribution is -0.117. The maximum absolute atomic E-state index is 12.2. The van der Waals surface area contributed by atoms with Crippen LogP contribution in [0.15, 0.2) is 52.0 Å². The fraction of sp³-hybridized carbons (Fsp3) is 0.0667. The second-order valence-corrected chi connectivity index (χ2v) is 6.68. The lowest BCUT2D eigenvalue weighted by atomic mass is 10.2. The van der Waals surface area contributed by atoms with Crippen LogP contribution in [0.4, 0.5) is 13.2 Å². The summed E-state index contributed by atoms with van der Waals surface area (Å²) in [5.74, 6) is -1.12. The number of rotatable bonds is 4. The highest BCUT2D eigenvalue weighted by Crippen LogP contribution is 2.36. The van der Waals surface area contributed by atoms with Crippen LogP contribution in [0.1, 0.15) is 16.1 Å². The molecule has 2 aromatic rings. The zero-order valence-corrected chi connectivity index (χ0v) is 14.8. The van der Waals surface area contributed by atoms with Crippen molar-refractivity contribution in [3.8, 4) is 0 Å². The third-order valence-corrected chi connectivity index (χ3v) is 3.93. The number of hydrogen-bond acceptors (Lipinski definition) is 3. The summed E-state index contributed by atoms with van der Waals surface area (Å²) >= 11 is 2.97. The quantitative estimate of drug-likeness (QED) is 0.389. The van der Waals surface area contributed by atoms with Crippen LogP contribution in [0.2, 0.25) is 0 Å². The number of hydrogen-bond donors (Lipinski definition) is 3. The first-order valence-electron chi connectivity index (χ1n) is 6.71. The van der Waals surface area contributed by atoms with E-state index < -0.39 is 17.3 Å². The smallest absolute Gasteiger partial charge is 0.356 e. The monoisotopic (exact) mass is 433 g/mol. The van der Waals surface area contributed by atoms with Gasteiger partial charge in [0.2, 0.25) is 0 Å². The van der Waals surface area contributed by atoms with Gasteiger partial charge in [-0.2, -0.15) is 13.2 Å². The molecule has 0 spiro atoms. The van der Waals surface area contributed by atoms with Gasteiger partial charge in [0.15, 0.2) is 0 Å². The maximum atomic E-state index is 12.2. The number of carbonyl (C=O) groups is 2. The van der Waals surface area contributed by atoms with Crippen LogP contribution in [-0.2, 0) is 4.79 Å². The number of carbonyl (C=O) groups excluding carboxylic acids is 2. The van der Waals surface area contributed by atoms with Crippen LogP contribution >= 0.6 is 27.7 Å². The van der Waals surface area contributed by atoms with Crippen molar-refractivity contribution in [2.75, 3.05) is 0 Å². The van der Waals surface area contributed by atoms with Gasteiger partial charge in [0.25, 0.3) is 11.8 Å². The molecule has 0 unspecified atom stereocenters. The Balaban J connectivity index is 1.84. The predicted octanol–water partition coefficient (Wildman–Crippen LogP) is 3.86. The summed E-state index contributed by atoms with van der Waals surface area (Å²) in [4.78, 5) is 26.1. The standard InChI is InChI=1S/C15H11BrF3N3O2S/c16-10-7-12(20-8-10)14(24)22-21-13(23)6-3-9-1-4-11(5-2-9)25-15(17,18)19/h1-8,20H,(H,21,23)(H,22,24)/b6-3+. The summed E-state index contributed by atoms with van der Waals surface area (Å²) in [5.41, 5.74) is 0.860. The number of halogens is 4. The molecule has 0 bridgehead atoms. The third kappa shape index (κ3) is 6.67. The Hall–Kier alpha value is -2.20. The van der Waals surface area contributed by atoms with Gasteiger partial charge >= 0.3 is 5.51 Å². The molecule has 1 aromatic carbocycles. The van der Waals surface area contributed by atoms with Crippen LogP contribution in [-0.4, -0.2) is 22.3 Å². The Bertz CT molecular complexity index is 788. The van der Waals surface area contributed by atoms with Crippen molar-refractivity contribution >= 4 is 45.6 Å². The van der Waals surface area contributed by atoms with Crippen molar-refractivity contribution in [1.82, 2.24) is 15.8 Å². The van der Waals surface area contributed by atoms with E-state index in [4.69, 9.17) is 0 Å². The number of H-pyrrole nitrogens is 1. The molecule has 1 heterocycles. The maximum Gasteiger partial charge on any atom is 0.446 e. The zero-order valence-electron chi connectivity index (χ0n) is 12.4. The Morgan fingerprint density at radius 3 is 2.40 bits per heavy atom. The molecule has 0 aliphatic carbocycles. The fourth-order valence-electron chi connectivity index (χ4n) is 1.68. The second kappa shape index (κ2) is 8.26. The molecule has 0 aliphatic rings. The highest BCUT2D eigenvalue weighted by Gasteiger charge is 2.28. The Morgan fingerprint density at radius 1 is 1.16 bits per heavy atom. The summed E-state index contributed by atoms with van der Waals surface area (Å²) in [7, 11) is 0. The first-order valence-corrected chi connectivity index (χ1v) is 8.32. The van der Waals surface area contributed by atoms with E-state index in [2.05, 4.69) is 31.8 Å². The number of thioether (sulfide) groups is 1.